The van der Waals surface area contributed by atoms with Gasteiger partial charge in [0.1, 0.15) is 11.9 Å². The molecule has 0 saturated carbocycles. The quantitative estimate of drug-likeness (QED) is 0.852. The largest absolute Gasteiger partial charge is 0.365 e. The van der Waals surface area contributed by atoms with Crippen LogP contribution in [0, 0.1) is 25.2 Å². The lowest BCUT2D eigenvalue weighted by molar-refractivity contribution is 0.804. The fraction of sp³-hybridized carbons (Fsp3) is 0.500. The van der Waals surface area contributed by atoms with Crippen LogP contribution < -0.4 is 5.32 Å². The molecule has 1 aliphatic rings. The Morgan fingerprint density at radius 1 is 1.56 bits per heavy atom. The van der Waals surface area contributed by atoms with Crippen LogP contribution in [0.3, 0.4) is 0 Å². The van der Waals surface area contributed by atoms with Gasteiger partial charge in [0.25, 0.3) is 0 Å². The van der Waals surface area contributed by atoms with Crippen LogP contribution in [0.1, 0.15) is 23.2 Å². The number of pyridine rings is 1. The van der Waals surface area contributed by atoms with Crippen molar-refractivity contribution in [1.29, 1.82) is 5.26 Å². The topological polar surface area (TPSA) is 48.7 Å². The van der Waals surface area contributed by atoms with Crippen LogP contribution in [0.2, 0.25) is 0 Å². The molecule has 4 heteroatoms. The fourth-order valence-corrected chi connectivity index (χ4v) is 3.08. The fourth-order valence-electron chi connectivity index (χ4n) is 1.92. The van der Waals surface area contributed by atoms with Gasteiger partial charge in [0.05, 0.1) is 5.56 Å². The van der Waals surface area contributed by atoms with Gasteiger partial charge in [-0.05, 0) is 37.7 Å². The van der Waals surface area contributed by atoms with Crippen molar-refractivity contribution in [1.82, 2.24) is 4.98 Å². The number of thioether (sulfide) groups is 1. The molecule has 1 atom stereocenters. The number of aromatic nitrogens is 1. The molecule has 0 bridgehead atoms. The van der Waals surface area contributed by atoms with Crippen molar-refractivity contribution in [3.05, 3.63) is 22.9 Å². The average Bonchev–Trinajstić information content (AvgIpc) is 2.70. The number of nitrogens with one attached hydrogen (secondary N) is 1. The Labute approximate surface area is 100 Å². The van der Waals surface area contributed by atoms with E-state index in [0.717, 1.165) is 29.2 Å². The molecule has 3 nitrogen and oxygen atoms in total. The molecule has 2 rings (SSSR count). The summed E-state index contributed by atoms with van der Waals surface area (Å²) >= 11 is 1.95. The molecular weight excluding hydrogens is 218 g/mol. The molecule has 1 unspecified atom stereocenters. The number of hydrogen-bond donors (Lipinski definition) is 1. The molecule has 0 spiro atoms. The smallest absolute Gasteiger partial charge is 0.144 e. The van der Waals surface area contributed by atoms with E-state index in [1.807, 2.05) is 31.7 Å². The third-order valence-electron chi connectivity index (χ3n) is 2.73. The standard InChI is InChI=1S/C12H15N3S/c1-8-5-9(2)14-12(11(8)6-13)15-10-3-4-16-7-10/h5,10H,3-4,7H2,1-2H3,(H,14,15). The van der Waals surface area contributed by atoms with Crippen LogP contribution in [0.15, 0.2) is 6.07 Å². The Bertz CT molecular complexity index is 431. The maximum Gasteiger partial charge on any atom is 0.144 e. The summed E-state index contributed by atoms with van der Waals surface area (Å²) in [5.41, 5.74) is 2.65. The van der Waals surface area contributed by atoms with Gasteiger partial charge in [-0.25, -0.2) is 4.98 Å². The normalized spacial score (nSPS) is 19.4. The van der Waals surface area contributed by atoms with E-state index in [1.54, 1.807) is 0 Å². The maximum absolute atomic E-state index is 9.13. The van der Waals surface area contributed by atoms with Gasteiger partial charge in [-0.2, -0.15) is 17.0 Å². The second kappa shape index (κ2) is 4.75. The summed E-state index contributed by atoms with van der Waals surface area (Å²) in [6.45, 7) is 3.92. The number of rotatable bonds is 2. The predicted molar refractivity (Wildman–Crippen MR) is 67.8 cm³/mol. The summed E-state index contributed by atoms with van der Waals surface area (Å²) in [7, 11) is 0. The first kappa shape index (κ1) is 11.3. The van der Waals surface area contributed by atoms with Crippen LogP contribution in [-0.2, 0) is 0 Å². The number of hydrogen-bond acceptors (Lipinski definition) is 4. The molecule has 1 fully saturated rings. The Hall–Kier alpha value is -1.21. The first-order valence-electron chi connectivity index (χ1n) is 5.43. The number of nitriles is 1. The molecule has 1 aliphatic heterocycles. The molecule has 1 aromatic heterocycles. The average molecular weight is 233 g/mol. The van der Waals surface area contributed by atoms with Crippen LogP contribution in [0.25, 0.3) is 0 Å². The van der Waals surface area contributed by atoms with E-state index in [2.05, 4.69) is 16.4 Å². The van der Waals surface area contributed by atoms with Crippen LogP contribution in [0.5, 0.6) is 0 Å². The molecule has 2 heterocycles. The van der Waals surface area contributed by atoms with Crippen LogP contribution in [-0.4, -0.2) is 22.5 Å². The molecule has 0 aliphatic carbocycles. The van der Waals surface area contributed by atoms with Gasteiger partial charge < -0.3 is 5.32 Å². The minimum absolute atomic E-state index is 0.464. The van der Waals surface area contributed by atoms with Gasteiger partial charge in [-0.3, -0.25) is 0 Å². The van der Waals surface area contributed by atoms with E-state index in [0.29, 0.717) is 11.6 Å². The second-order valence-electron chi connectivity index (χ2n) is 4.12. The summed E-state index contributed by atoms with van der Waals surface area (Å²) in [6, 6.07) is 4.65. The van der Waals surface area contributed by atoms with Gasteiger partial charge >= 0.3 is 0 Å². The lowest BCUT2D eigenvalue weighted by Gasteiger charge is -2.14. The van der Waals surface area contributed by atoms with E-state index >= 15 is 0 Å². The van der Waals surface area contributed by atoms with Crippen molar-refractivity contribution in [3.63, 3.8) is 0 Å². The maximum atomic E-state index is 9.13. The van der Waals surface area contributed by atoms with Crippen molar-refractivity contribution in [2.75, 3.05) is 16.8 Å². The number of aryl methyl sites for hydroxylation is 2. The molecule has 1 N–H and O–H groups in total. The predicted octanol–water partition coefficient (Wildman–Crippen LogP) is 2.49. The van der Waals surface area contributed by atoms with Crippen LogP contribution >= 0.6 is 11.8 Å². The summed E-state index contributed by atoms with van der Waals surface area (Å²) in [4.78, 5) is 4.43. The lowest BCUT2D eigenvalue weighted by Crippen LogP contribution is -2.20. The minimum Gasteiger partial charge on any atom is -0.365 e. The second-order valence-corrected chi connectivity index (χ2v) is 5.27. The highest BCUT2D eigenvalue weighted by molar-refractivity contribution is 7.99. The van der Waals surface area contributed by atoms with Gasteiger partial charge in [0.15, 0.2) is 0 Å². The molecule has 0 radical (unpaired) electrons. The number of anilines is 1. The van der Waals surface area contributed by atoms with E-state index in [4.69, 9.17) is 5.26 Å². The Balaban J connectivity index is 2.28. The molecule has 0 amide bonds. The third kappa shape index (κ3) is 2.30. The molecule has 0 aromatic carbocycles. The van der Waals surface area contributed by atoms with Gasteiger partial charge in [-0.1, -0.05) is 0 Å². The highest BCUT2D eigenvalue weighted by atomic mass is 32.2. The summed E-state index contributed by atoms with van der Waals surface area (Å²) in [5.74, 6) is 3.07. The van der Waals surface area contributed by atoms with Crippen molar-refractivity contribution >= 4 is 17.6 Å². The monoisotopic (exact) mass is 233 g/mol. The zero-order valence-electron chi connectivity index (χ0n) is 9.58. The van der Waals surface area contributed by atoms with Crippen molar-refractivity contribution < 1.29 is 0 Å². The van der Waals surface area contributed by atoms with E-state index in [1.165, 1.54) is 5.75 Å². The summed E-state index contributed by atoms with van der Waals surface area (Å²) in [6.07, 6.45) is 1.16. The van der Waals surface area contributed by atoms with Gasteiger partial charge in [0.2, 0.25) is 0 Å². The van der Waals surface area contributed by atoms with E-state index < -0.39 is 0 Å². The highest BCUT2D eigenvalue weighted by Crippen LogP contribution is 2.24. The zero-order valence-corrected chi connectivity index (χ0v) is 10.4. The minimum atomic E-state index is 0.464. The molecule has 1 saturated heterocycles. The Kier molecular flexibility index (Phi) is 3.35. The first-order valence-corrected chi connectivity index (χ1v) is 6.59. The van der Waals surface area contributed by atoms with E-state index in [9.17, 15) is 0 Å². The van der Waals surface area contributed by atoms with Crippen molar-refractivity contribution in [2.24, 2.45) is 0 Å². The van der Waals surface area contributed by atoms with Crippen molar-refractivity contribution in [3.8, 4) is 6.07 Å². The van der Waals surface area contributed by atoms with E-state index in [-0.39, 0.29) is 0 Å². The molecule has 84 valence electrons. The van der Waals surface area contributed by atoms with Gasteiger partial charge in [-0.15, -0.1) is 0 Å². The van der Waals surface area contributed by atoms with Crippen molar-refractivity contribution in [2.45, 2.75) is 26.3 Å². The van der Waals surface area contributed by atoms with Crippen LogP contribution in [0.4, 0.5) is 5.82 Å². The summed E-state index contributed by atoms with van der Waals surface area (Å²) < 4.78 is 0. The number of nitrogens with zero attached hydrogens (tertiary/aromatic N) is 2. The SMILES string of the molecule is Cc1cc(C)c(C#N)c(NC2CCSC2)n1. The first-order chi connectivity index (χ1) is 7.70. The van der Waals surface area contributed by atoms with Gasteiger partial charge in [0, 0.05) is 17.5 Å². The molecule has 1 aromatic rings. The summed E-state index contributed by atoms with van der Waals surface area (Å²) in [5, 5.41) is 12.5. The Morgan fingerprint density at radius 2 is 2.38 bits per heavy atom. The third-order valence-corrected chi connectivity index (χ3v) is 3.89. The lowest BCUT2D eigenvalue weighted by atomic mass is 10.1. The highest BCUT2D eigenvalue weighted by Gasteiger charge is 2.18. The molecule has 16 heavy (non-hydrogen) atoms. The zero-order chi connectivity index (χ0) is 11.5. The molecular formula is C12H15N3S. The Morgan fingerprint density at radius 3 is 3.00 bits per heavy atom.